The minimum atomic E-state index is -0.349. The number of rotatable bonds is 4. The fourth-order valence-corrected chi connectivity index (χ4v) is 2.69. The molecule has 1 fully saturated rings. The third-order valence-corrected chi connectivity index (χ3v) is 3.56. The van der Waals surface area contributed by atoms with Crippen LogP contribution in [0.3, 0.4) is 0 Å². The molecule has 1 unspecified atom stereocenters. The largest absolute Gasteiger partial charge is 0.366 e. The van der Waals surface area contributed by atoms with Crippen LogP contribution >= 0.6 is 0 Å². The lowest BCUT2D eigenvalue weighted by atomic mass is 10.0. The molecule has 4 heteroatoms. The lowest BCUT2D eigenvalue weighted by Gasteiger charge is -2.36. The summed E-state index contributed by atoms with van der Waals surface area (Å²) in [5, 5.41) is 12.6. The molecule has 0 saturated carbocycles. The second kappa shape index (κ2) is 6.53. The zero-order valence-corrected chi connectivity index (χ0v) is 11.3. The molecule has 0 spiro atoms. The van der Waals surface area contributed by atoms with Crippen molar-refractivity contribution in [3.8, 4) is 6.07 Å². The maximum Gasteiger partial charge on any atom is 0.124 e. The summed E-state index contributed by atoms with van der Waals surface area (Å²) >= 11 is 0. The van der Waals surface area contributed by atoms with Crippen LogP contribution in [0.25, 0.3) is 0 Å². The fraction of sp³-hybridized carbons (Fsp3) is 0.533. The van der Waals surface area contributed by atoms with Gasteiger partial charge in [-0.2, -0.15) is 5.26 Å². The summed E-state index contributed by atoms with van der Waals surface area (Å²) in [7, 11) is 0. The van der Waals surface area contributed by atoms with Crippen LogP contribution in [-0.2, 0) is 0 Å². The Kier molecular flexibility index (Phi) is 4.75. The van der Waals surface area contributed by atoms with Crippen molar-refractivity contribution >= 4 is 5.69 Å². The van der Waals surface area contributed by atoms with Gasteiger partial charge in [0.25, 0.3) is 0 Å². The minimum absolute atomic E-state index is 0.349. The van der Waals surface area contributed by atoms with Gasteiger partial charge >= 0.3 is 0 Å². The third-order valence-electron chi connectivity index (χ3n) is 3.56. The van der Waals surface area contributed by atoms with Crippen molar-refractivity contribution in [1.82, 2.24) is 5.32 Å². The molecule has 0 bridgehead atoms. The van der Waals surface area contributed by atoms with Crippen LogP contribution < -0.4 is 10.2 Å². The maximum atomic E-state index is 13.2. The Morgan fingerprint density at radius 2 is 2.37 bits per heavy atom. The van der Waals surface area contributed by atoms with E-state index in [0.717, 1.165) is 44.6 Å². The van der Waals surface area contributed by atoms with Gasteiger partial charge in [0.05, 0.1) is 11.3 Å². The predicted molar refractivity (Wildman–Crippen MR) is 74.6 cm³/mol. The smallest absolute Gasteiger partial charge is 0.124 e. The molecule has 3 nitrogen and oxygen atoms in total. The Bertz CT molecular complexity index is 461. The van der Waals surface area contributed by atoms with Crippen molar-refractivity contribution in [2.45, 2.75) is 32.2 Å². The van der Waals surface area contributed by atoms with Crippen LogP contribution in [0.2, 0.25) is 0 Å². The van der Waals surface area contributed by atoms with E-state index < -0.39 is 0 Å². The Morgan fingerprint density at radius 1 is 1.53 bits per heavy atom. The molecular weight excluding hydrogens is 241 g/mol. The normalized spacial score (nSPS) is 18.9. The summed E-state index contributed by atoms with van der Waals surface area (Å²) in [5.41, 5.74) is 1.29. The summed E-state index contributed by atoms with van der Waals surface area (Å²) in [6.45, 7) is 5.01. The SMILES string of the molecule is CCCN(c1ccc(F)cc1C#N)C1CCCNC1. The Balaban J connectivity index is 2.30. The summed E-state index contributed by atoms with van der Waals surface area (Å²) in [5.74, 6) is -0.349. The fourth-order valence-electron chi connectivity index (χ4n) is 2.69. The highest BCUT2D eigenvalue weighted by molar-refractivity contribution is 5.60. The van der Waals surface area contributed by atoms with Crippen molar-refractivity contribution < 1.29 is 4.39 Å². The molecule has 1 aliphatic heterocycles. The van der Waals surface area contributed by atoms with E-state index in [0.29, 0.717) is 11.6 Å². The van der Waals surface area contributed by atoms with E-state index in [-0.39, 0.29) is 5.82 Å². The van der Waals surface area contributed by atoms with Crippen molar-refractivity contribution in [3.05, 3.63) is 29.6 Å². The van der Waals surface area contributed by atoms with Crippen LogP contribution in [0.5, 0.6) is 0 Å². The summed E-state index contributed by atoms with van der Waals surface area (Å²) < 4.78 is 13.2. The number of nitriles is 1. The standard InChI is InChI=1S/C15H20FN3/c1-2-8-19(14-4-3-7-18-11-14)15-6-5-13(16)9-12(15)10-17/h5-6,9,14,18H,2-4,7-8,11H2,1H3. The van der Waals surface area contributed by atoms with Gasteiger partial charge in [-0.15, -0.1) is 0 Å². The first-order valence-corrected chi connectivity index (χ1v) is 6.93. The van der Waals surface area contributed by atoms with Crippen molar-refractivity contribution in [3.63, 3.8) is 0 Å². The first kappa shape index (κ1) is 13.8. The van der Waals surface area contributed by atoms with E-state index >= 15 is 0 Å². The van der Waals surface area contributed by atoms with Crippen LogP contribution in [0.4, 0.5) is 10.1 Å². The van der Waals surface area contributed by atoms with Gasteiger partial charge in [-0.1, -0.05) is 6.92 Å². The van der Waals surface area contributed by atoms with Crippen molar-refractivity contribution in [1.29, 1.82) is 5.26 Å². The van der Waals surface area contributed by atoms with E-state index in [9.17, 15) is 9.65 Å². The van der Waals surface area contributed by atoms with Gasteiger partial charge in [0.1, 0.15) is 11.9 Å². The molecule has 102 valence electrons. The van der Waals surface area contributed by atoms with Gasteiger partial charge in [-0.3, -0.25) is 0 Å². The molecule has 1 aromatic carbocycles. The Morgan fingerprint density at radius 3 is 3.00 bits per heavy atom. The van der Waals surface area contributed by atoms with E-state index in [1.54, 1.807) is 6.07 Å². The first-order chi connectivity index (χ1) is 9.26. The van der Waals surface area contributed by atoms with Crippen molar-refractivity contribution in [2.24, 2.45) is 0 Å². The van der Waals surface area contributed by atoms with E-state index in [4.69, 9.17) is 0 Å². The zero-order chi connectivity index (χ0) is 13.7. The number of halogens is 1. The summed E-state index contributed by atoms with van der Waals surface area (Å²) in [6, 6.07) is 7.01. The van der Waals surface area contributed by atoms with Crippen molar-refractivity contribution in [2.75, 3.05) is 24.5 Å². The van der Waals surface area contributed by atoms with Gasteiger partial charge in [-0.05, 0) is 44.0 Å². The van der Waals surface area contributed by atoms with Crippen LogP contribution in [-0.4, -0.2) is 25.7 Å². The average molecular weight is 261 g/mol. The highest BCUT2D eigenvalue weighted by atomic mass is 19.1. The molecule has 2 rings (SSSR count). The molecule has 1 atom stereocenters. The molecule has 1 aliphatic rings. The molecular formula is C15H20FN3. The number of nitrogens with one attached hydrogen (secondary N) is 1. The van der Waals surface area contributed by atoms with Gasteiger partial charge in [0.2, 0.25) is 0 Å². The monoisotopic (exact) mass is 261 g/mol. The van der Waals surface area contributed by atoms with E-state index in [1.165, 1.54) is 12.1 Å². The second-order valence-electron chi connectivity index (χ2n) is 4.97. The summed E-state index contributed by atoms with van der Waals surface area (Å²) in [4.78, 5) is 2.25. The topological polar surface area (TPSA) is 39.1 Å². The lowest BCUT2D eigenvalue weighted by molar-refractivity contribution is 0.430. The Hall–Kier alpha value is -1.60. The number of hydrogen-bond donors (Lipinski definition) is 1. The lowest BCUT2D eigenvalue weighted by Crippen LogP contribution is -2.46. The van der Waals surface area contributed by atoms with Gasteiger partial charge in [0.15, 0.2) is 0 Å². The number of hydrogen-bond acceptors (Lipinski definition) is 3. The molecule has 1 heterocycles. The predicted octanol–water partition coefficient (Wildman–Crippen LogP) is 2.67. The van der Waals surface area contributed by atoms with Crippen LogP contribution in [0, 0.1) is 17.1 Å². The molecule has 1 saturated heterocycles. The molecule has 0 radical (unpaired) electrons. The Labute approximate surface area is 114 Å². The quantitative estimate of drug-likeness (QED) is 0.905. The van der Waals surface area contributed by atoms with Crippen LogP contribution in [0.1, 0.15) is 31.7 Å². The summed E-state index contributed by atoms with van der Waals surface area (Å²) in [6.07, 6.45) is 3.28. The van der Waals surface area contributed by atoms with Gasteiger partial charge in [-0.25, -0.2) is 4.39 Å². The second-order valence-corrected chi connectivity index (χ2v) is 4.97. The molecule has 19 heavy (non-hydrogen) atoms. The number of benzene rings is 1. The van der Waals surface area contributed by atoms with Gasteiger partial charge < -0.3 is 10.2 Å². The van der Waals surface area contributed by atoms with Gasteiger partial charge in [0, 0.05) is 19.1 Å². The van der Waals surface area contributed by atoms with Crippen LogP contribution in [0.15, 0.2) is 18.2 Å². The molecule has 0 aromatic heterocycles. The third kappa shape index (κ3) is 3.24. The number of anilines is 1. The molecule has 1 N–H and O–H groups in total. The number of piperidine rings is 1. The molecule has 0 aliphatic carbocycles. The first-order valence-electron chi connectivity index (χ1n) is 6.93. The highest BCUT2D eigenvalue weighted by Crippen LogP contribution is 2.25. The molecule has 1 aromatic rings. The average Bonchev–Trinajstić information content (AvgIpc) is 2.46. The van der Waals surface area contributed by atoms with E-state index in [1.807, 2.05) is 0 Å². The number of nitrogens with zero attached hydrogens (tertiary/aromatic N) is 2. The maximum absolute atomic E-state index is 13.2. The minimum Gasteiger partial charge on any atom is -0.366 e. The molecule has 0 amide bonds. The van der Waals surface area contributed by atoms with E-state index in [2.05, 4.69) is 23.2 Å². The zero-order valence-electron chi connectivity index (χ0n) is 11.3. The highest BCUT2D eigenvalue weighted by Gasteiger charge is 2.22.